The van der Waals surface area contributed by atoms with E-state index in [1.807, 2.05) is 48.5 Å². The van der Waals surface area contributed by atoms with Crippen molar-refractivity contribution in [2.24, 2.45) is 0 Å². The molecule has 4 N–H and O–H groups in total. The zero-order chi connectivity index (χ0) is 32.1. The highest BCUT2D eigenvalue weighted by Crippen LogP contribution is 2.39. The average molecular weight is 632 g/mol. The first-order valence-corrected chi connectivity index (χ1v) is 16.2. The number of aliphatic hydroxyl groups excluding tert-OH is 1. The van der Waals surface area contributed by atoms with E-state index in [9.17, 15) is 14.7 Å². The van der Waals surface area contributed by atoms with Gasteiger partial charge in [-0.2, -0.15) is 0 Å². The smallest absolute Gasteiger partial charge is 0.243 e. The number of ether oxygens (including phenoxy) is 3. The van der Waals surface area contributed by atoms with Crippen molar-refractivity contribution in [2.45, 2.75) is 70.2 Å². The van der Waals surface area contributed by atoms with E-state index in [0.717, 1.165) is 79.1 Å². The van der Waals surface area contributed by atoms with Gasteiger partial charge in [0.25, 0.3) is 0 Å². The van der Waals surface area contributed by atoms with Crippen molar-refractivity contribution >= 4 is 11.8 Å². The highest BCUT2D eigenvalue weighted by molar-refractivity contribution is 5.76. The molecule has 0 aliphatic carbocycles. The molecule has 3 aromatic carbocycles. The highest BCUT2D eigenvalue weighted by Gasteiger charge is 2.33. The van der Waals surface area contributed by atoms with E-state index in [2.05, 4.69) is 34.5 Å². The topological polar surface area (TPSA) is 130 Å². The van der Waals surface area contributed by atoms with Crippen LogP contribution in [0.25, 0.3) is 11.1 Å². The van der Waals surface area contributed by atoms with E-state index in [4.69, 9.17) is 19.4 Å². The minimum absolute atomic E-state index is 0.00656. The second kappa shape index (κ2) is 17.3. The Balaban J connectivity index is 1.23. The van der Waals surface area contributed by atoms with Crippen LogP contribution < -0.4 is 10.8 Å². The third kappa shape index (κ3) is 9.93. The Morgan fingerprint density at radius 3 is 2.26 bits per heavy atom. The van der Waals surface area contributed by atoms with Crippen LogP contribution in [-0.2, 0) is 37.0 Å². The second-order valence-corrected chi connectivity index (χ2v) is 12.0. The quantitative estimate of drug-likeness (QED) is 0.114. The van der Waals surface area contributed by atoms with Crippen molar-refractivity contribution in [1.82, 2.24) is 15.7 Å². The van der Waals surface area contributed by atoms with Gasteiger partial charge in [-0.05, 0) is 52.8 Å². The molecule has 0 saturated carbocycles. The largest absolute Gasteiger partial charge is 0.392 e. The number of aliphatic hydroxyl groups is 1. The molecule has 10 heteroatoms. The minimum atomic E-state index is -0.539. The molecule has 2 amide bonds. The third-order valence-electron chi connectivity index (χ3n) is 8.52. The Bertz CT molecular complexity index is 1410. The number of unbranched alkanes of at least 4 members (excludes halogenated alkanes) is 2. The molecule has 2 fully saturated rings. The van der Waals surface area contributed by atoms with E-state index >= 15 is 0 Å². The van der Waals surface area contributed by atoms with Gasteiger partial charge >= 0.3 is 0 Å². The normalized spacial score (nSPS) is 20.3. The van der Waals surface area contributed by atoms with Crippen LogP contribution in [0.4, 0.5) is 0 Å². The zero-order valence-corrected chi connectivity index (χ0v) is 26.2. The molecule has 2 heterocycles. The summed E-state index contributed by atoms with van der Waals surface area (Å²) in [4.78, 5) is 25.9. The fourth-order valence-electron chi connectivity index (χ4n) is 5.92. The number of carbonyl (C=O) groups excluding carboxylic acids is 2. The van der Waals surface area contributed by atoms with Crippen LogP contribution in [0.1, 0.15) is 73.2 Å². The molecule has 0 radical (unpaired) electrons. The number of hydroxylamine groups is 1. The number of hydrogen-bond acceptors (Lipinski definition) is 8. The van der Waals surface area contributed by atoms with Crippen LogP contribution in [0.5, 0.6) is 0 Å². The maximum absolute atomic E-state index is 12.4. The molecular formula is C36H45N3O7. The first-order valence-electron chi connectivity index (χ1n) is 16.2. The standard InChI is InChI=1S/C36H45N3O7/c40-25-26-12-14-28(15-13-26)33-22-32(24-39-16-18-44-19-17-39)45-36(46-33)31-9-5-8-30(21-31)29-7-4-6-27(20-29)23-37-34(41)10-2-1-3-11-35(42)38-43/h4-9,12-15,20-21,32-33,36,40,43H,1-3,10-11,16-19,22-25H2,(H,37,41)(H,38,42)/t32-,33+,36+/m1/s1. The van der Waals surface area contributed by atoms with Gasteiger partial charge in [0, 0.05) is 51.0 Å². The summed E-state index contributed by atoms with van der Waals surface area (Å²) in [6.45, 7) is 4.48. The van der Waals surface area contributed by atoms with Gasteiger partial charge in [0.2, 0.25) is 11.8 Å². The highest BCUT2D eigenvalue weighted by atomic mass is 16.7. The first kappa shape index (κ1) is 33.7. The maximum Gasteiger partial charge on any atom is 0.243 e. The van der Waals surface area contributed by atoms with E-state index in [1.165, 1.54) is 0 Å². The SMILES string of the molecule is O=C(CCCCCC(=O)NCc1cccc(-c2cccc([C@H]3O[C@@H](CN4CCOCC4)C[C@@H](c4ccc(CO)cc4)O3)c2)c1)NO. The number of nitrogens with zero attached hydrogens (tertiary/aromatic N) is 1. The summed E-state index contributed by atoms with van der Waals surface area (Å²) in [5.74, 6) is -0.436. The van der Waals surface area contributed by atoms with Gasteiger partial charge in [-0.15, -0.1) is 0 Å². The van der Waals surface area contributed by atoms with E-state index < -0.39 is 12.2 Å². The molecule has 10 nitrogen and oxygen atoms in total. The van der Waals surface area contributed by atoms with Crippen molar-refractivity contribution in [3.8, 4) is 11.1 Å². The third-order valence-corrected chi connectivity index (χ3v) is 8.52. The molecule has 2 saturated heterocycles. The number of nitrogens with one attached hydrogen (secondary N) is 2. The summed E-state index contributed by atoms with van der Waals surface area (Å²) in [6.07, 6.45) is 2.73. The molecule has 0 aromatic heterocycles. The molecule has 0 unspecified atom stereocenters. The summed E-state index contributed by atoms with van der Waals surface area (Å²) in [7, 11) is 0. The van der Waals surface area contributed by atoms with Crippen molar-refractivity contribution in [3.63, 3.8) is 0 Å². The summed E-state index contributed by atoms with van der Waals surface area (Å²) in [6, 6.07) is 24.3. The van der Waals surface area contributed by atoms with Crippen molar-refractivity contribution < 1.29 is 34.1 Å². The molecular weight excluding hydrogens is 586 g/mol. The number of morpholine rings is 1. The summed E-state index contributed by atoms with van der Waals surface area (Å²) < 4.78 is 18.7. The van der Waals surface area contributed by atoms with E-state index in [1.54, 1.807) is 5.48 Å². The Kier molecular flexibility index (Phi) is 12.7. The number of rotatable bonds is 14. The Morgan fingerprint density at radius 1 is 0.804 bits per heavy atom. The lowest BCUT2D eigenvalue weighted by Gasteiger charge is -2.39. The first-order chi connectivity index (χ1) is 22.5. The van der Waals surface area contributed by atoms with Gasteiger partial charge in [-0.3, -0.25) is 19.7 Å². The van der Waals surface area contributed by atoms with Gasteiger partial charge in [-0.25, -0.2) is 5.48 Å². The maximum atomic E-state index is 12.4. The van der Waals surface area contributed by atoms with Crippen LogP contribution in [0, 0.1) is 0 Å². The van der Waals surface area contributed by atoms with Crippen LogP contribution in [-0.4, -0.2) is 66.0 Å². The zero-order valence-electron chi connectivity index (χ0n) is 26.2. The molecule has 0 bridgehead atoms. The molecule has 5 rings (SSSR count). The van der Waals surface area contributed by atoms with Crippen molar-refractivity contribution in [3.05, 3.63) is 95.1 Å². The van der Waals surface area contributed by atoms with E-state index in [-0.39, 0.29) is 31.1 Å². The lowest BCUT2D eigenvalue weighted by Crippen LogP contribution is -2.44. The minimum Gasteiger partial charge on any atom is -0.392 e. The molecule has 2 aliphatic rings. The number of carbonyl (C=O) groups is 2. The molecule has 3 atom stereocenters. The molecule has 2 aliphatic heterocycles. The predicted molar refractivity (Wildman–Crippen MR) is 172 cm³/mol. The summed E-state index contributed by atoms with van der Waals surface area (Å²) in [5, 5.41) is 21.1. The van der Waals surface area contributed by atoms with Crippen LogP contribution in [0.2, 0.25) is 0 Å². The summed E-state index contributed by atoms with van der Waals surface area (Å²) in [5.41, 5.74) is 7.56. The number of benzene rings is 3. The molecule has 46 heavy (non-hydrogen) atoms. The van der Waals surface area contributed by atoms with Crippen LogP contribution in [0.15, 0.2) is 72.8 Å². The van der Waals surface area contributed by atoms with Gasteiger partial charge in [0.15, 0.2) is 6.29 Å². The van der Waals surface area contributed by atoms with Gasteiger partial charge in [-0.1, -0.05) is 67.1 Å². The van der Waals surface area contributed by atoms with E-state index in [0.29, 0.717) is 25.8 Å². The molecule has 0 spiro atoms. The summed E-state index contributed by atoms with van der Waals surface area (Å²) >= 11 is 0. The van der Waals surface area contributed by atoms with Gasteiger partial charge in [0.1, 0.15) is 0 Å². The van der Waals surface area contributed by atoms with Gasteiger partial charge in [0.05, 0.1) is 32.0 Å². The Morgan fingerprint density at radius 2 is 1.52 bits per heavy atom. The molecule has 3 aromatic rings. The van der Waals surface area contributed by atoms with Gasteiger partial charge < -0.3 is 24.6 Å². The van der Waals surface area contributed by atoms with Crippen LogP contribution in [0.3, 0.4) is 0 Å². The lowest BCUT2D eigenvalue weighted by atomic mass is 9.98. The number of hydrogen-bond donors (Lipinski definition) is 4. The second-order valence-electron chi connectivity index (χ2n) is 12.0. The lowest BCUT2D eigenvalue weighted by molar-refractivity contribution is -0.253. The van der Waals surface area contributed by atoms with Crippen LogP contribution >= 0.6 is 0 Å². The Hall–Kier alpha value is -3.64. The Labute approximate surface area is 270 Å². The fourth-order valence-corrected chi connectivity index (χ4v) is 5.92. The number of amides is 2. The monoisotopic (exact) mass is 631 g/mol. The fraction of sp³-hybridized carbons (Fsp3) is 0.444. The van der Waals surface area contributed by atoms with Crippen molar-refractivity contribution in [1.29, 1.82) is 0 Å². The predicted octanol–water partition coefficient (Wildman–Crippen LogP) is 4.80. The molecule has 246 valence electrons. The van der Waals surface area contributed by atoms with Crippen molar-refractivity contribution in [2.75, 3.05) is 32.8 Å². The average Bonchev–Trinajstić information content (AvgIpc) is 3.11.